The molecule has 0 aromatic carbocycles. The van der Waals surface area contributed by atoms with Crippen molar-refractivity contribution in [1.29, 1.82) is 0 Å². The summed E-state index contributed by atoms with van der Waals surface area (Å²) in [4.78, 5) is 12.8. The van der Waals surface area contributed by atoms with Crippen LogP contribution in [0.5, 0.6) is 0 Å². The summed E-state index contributed by atoms with van der Waals surface area (Å²) in [5.41, 5.74) is 2.09. The van der Waals surface area contributed by atoms with Gasteiger partial charge in [0.05, 0.1) is 18.8 Å². The summed E-state index contributed by atoms with van der Waals surface area (Å²) >= 11 is 1.63. The normalized spacial score (nSPS) is 28.1. The van der Waals surface area contributed by atoms with Crippen LogP contribution in [0.15, 0.2) is 16.9 Å². The lowest BCUT2D eigenvalue weighted by atomic mass is 9.85. The molecule has 3 rings (SSSR count). The summed E-state index contributed by atoms with van der Waals surface area (Å²) in [5, 5.41) is 0. The minimum atomic E-state index is 0.0693. The zero-order valence-electron chi connectivity index (χ0n) is 16.9. The predicted molar refractivity (Wildman–Crippen MR) is 111 cm³/mol. The van der Waals surface area contributed by atoms with Gasteiger partial charge >= 0.3 is 0 Å². The van der Waals surface area contributed by atoms with Crippen LogP contribution in [0.4, 0.5) is 0 Å². The number of ether oxygens (including phenoxy) is 2. The van der Waals surface area contributed by atoms with E-state index in [1.807, 2.05) is 23.8 Å². The van der Waals surface area contributed by atoms with E-state index in [1.54, 1.807) is 19.1 Å². The third kappa shape index (κ3) is 5.17. The molecule has 27 heavy (non-hydrogen) atoms. The van der Waals surface area contributed by atoms with Gasteiger partial charge in [-0.2, -0.15) is 0 Å². The molecule has 0 spiro atoms. The lowest BCUT2D eigenvalue weighted by Gasteiger charge is -2.37. The van der Waals surface area contributed by atoms with Crippen molar-refractivity contribution in [2.75, 3.05) is 26.6 Å². The monoisotopic (exact) mass is 394 g/mol. The molecule has 152 valence electrons. The van der Waals surface area contributed by atoms with Gasteiger partial charge in [0.15, 0.2) is 0 Å². The van der Waals surface area contributed by atoms with Gasteiger partial charge in [-0.15, -0.1) is 0 Å². The van der Waals surface area contributed by atoms with Crippen molar-refractivity contribution in [3.05, 3.63) is 33.7 Å². The Morgan fingerprint density at radius 1 is 1.22 bits per heavy atom. The van der Waals surface area contributed by atoms with E-state index >= 15 is 0 Å². The average molecular weight is 395 g/mol. The highest BCUT2D eigenvalue weighted by Gasteiger charge is 2.32. The number of hydrogen-bond donors (Lipinski definition) is 1. The van der Waals surface area contributed by atoms with Crippen LogP contribution in [-0.2, 0) is 15.9 Å². The van der Waals surface area contributed by atoms with Crippen LogP contribution in [0.1, 0.15) is 55.8 Å². The number of methoxy groups -OCH3 is 1. The number of nitrogens with one attached hydrogen (secondary N) is 1. The molecule has 1 N–H and O–H groups in total. The molecule has 0 radical (unpaired) electrons. The molecule has 1 aromatic rings. The zero-order chi connectivity index (χ0) is 19.2. The molecule has 1 aromatic heterocycles. The highest BCUT2D eigenvalue weighted by molar-refractivity contribution is 7.96. The molecule has 1 fully saturated rings. The van der Waals surface area contributed by atoms with Gasteiger partial charge in [-0.3, -0.25) is 9.52 Å². The van der Waals surface area contributed by atoms with Gasteiger partial charge in [0.2, 0.25) is 0 Å². The Balaban J connectivity index is 1.64. The molecule has 0 amide bonds. The maximum atomic E-state index is 12.8. The molecule has 0 saturated heterocycles. The van der Waals surface area contributed by atoms with E-state index < -0.39 is 0 Å². The van der Waals surface area contributed by atoms with Crippen LogP contribution >= 0.6 is 11.9 Å². The number of fused-ring (bicyclic) bond motifs is 1. The summed E-state index contributed by atoms with van der Waals surface area (Å²) in [6, 6.07) is 4.40. The van der Waals surface area contributed by atoms with Gasteiger partial charge in [0, 0.05) is 31.0 Å². The van der Waals surface area contributed by atoms with Crippen LogP contribution in [0.25, 0.3) is 0 Å². The summed E-state index contributed by atoms with van der Waals surface area (Å²) in [6.45, 7) is 3.38. The minimum Gasteiger partial charge on any atom is -0.385 e. The number of nitrogens with zero attached hydrogens (tertiary/aromatic N) is 1. The van der Waals surface area contributed by atoms with E-state index in [4.69, 9.17) is 9.47 Å². The average Bonchev–Trinajstić information content (AvgIpc) is 2.69. The predicted octanol–water partition coefficient (Wildman–Crippen LogP) is 3.49. The van der Waals surface area contributed by atoms with Crippen LogP contribution in [0.2, 0.25) is 0 Å². The van der Waals surface area contributed by atoms with Crippen molar-refractivity contribution in [3.63, 3.8) is 0 Å². The van der Waals surface area contributed by atoms with E-state index in [2.05, 4.69) is 10.8 Å². The first-order chi connectivity index (χ1) is 13.1. The maximum Gasteiger partial charge on any atom is 0.254 e. The quantitative estimate of drug-likeness (QED) is 0.684. The van der Waals surface area contributed by atoms with Gasteiger partial charge in [0.25, 0.3) is 5.56 Å². The Kier molecular flexibility index (Phi) is 7.82. The van der Waals surface area contributed by atoms with E-state index in [0.717, 1.165) is 55.9 Å². The number of pyridine rings is 1. The Morgan fingerprint density at radius 3 is 2.70 bits per heavy atom. The number of rotatable bonds is 8. The number of aromatic nitrogens is 1. The van der Waals surface area contributed by atoms with Crippen molar-refractivity contribution >= 4 is 11.9 Å². The first kappa shape index (κ1) is 20.9. The van der Waals surface area contributed by atoms with Gasteiger partial charge in [-0.1, -0.05) is 18.0 Å². The standard InChI is InChI=1S/C21H34N2O3S/c1-15-4-7-17-8-11-19(22-27-3)20(23(17)21(15)24)14-26-18-9-5-16(6-10-18)12-13-25-2/h4,7,16,18-20,22H,5-6,8-14H2,1-3H3. The molecule has 1 aliphatic carbocycles. The molecule has 6 heteroatoms. The second-order valence-corrected chi connectivity index (χ2v) is 8.62. The molecular formula is C21H34N2O3S. The SMILES string of the molecule is COCCC1CCC(OCC2C(NSC)CCc3ccc(C)c(=O)n32)CC1. The second-order valence-electron chi connectivity index (χ2n) is 7.97. The van der Waals surface area contributed by atoms with Gasteiger partial charge in [-0.05, 0) is 70.1 Å². The van der Waals surface area contributed by atoms with Crippen LogP contribution in [-0.4, -0.2) is 43.3 Å². The lowest BCUT2D eigenvalue weighted by molar-refractivity contribution is -0.00883. The maximum absolute atomic E-state index is 12.8. The summed E-state index contributed by atoms with van der Waals surface area (Å²) < 4.78 is 17.1. The van der Waals surface area contributed by atoms with Crippen molar-refractivity contribution in [2.24, 2.45) is 5.92 Å². The fourth-order valence-electron chi connectivity index (χ4n) is 4.52. The minimum absolute atomic E-state index is 0.0693. The van der Waals surface area contributed by atoms with Crippen molar-refractivity contribution in [1.82, 2.24) is 9.29 Å². The third-order valence-electron chi connectivity index (χ3n) is 6.19. The molecule has 1 saturated carbocycles. The number of hydrogen-bond acceptors (Lipinski definition) is 5. The summed E-state index contributed by atoms with van der Waals surface area (Å²) in [6.07, 6.45) is 10.2. The molecule has 2 aliphatic rings. The van der Waals surface area contributed by atoms with Crippen LogP contribution in [0, 0.1) is 12.8 Å². The summed E-state index contributed by atoms with van der Waals surface area (Å²) in [5.74, 6) is 0.774. The Hall–Kier alpha value is -0.820. The lowest BCUT2D eigenvalue weighted by Crippen LogP contribution is -2.46. The van der Waals surface area contributed by atoms with Crippen LogP contribution in [0.3, 0.4) is 0 Å². The molecule has 0 bridgehead atoms. The highest BCUT2D eigenvalue weighted by Crippen LogP contribution is 2.31. The molecule has 5 nitrogen and oxygen atoms in total. The first-order valence-corrected chi connectivity index (χ1v) is 11.5. The smallest absolute Gasteiger partial charge is 0.254 e. The Bertz CT molecular complexity index is 655. The molecule has 1 aliphatic heterocycles. The summed E-state index contributed by atoms with van der Waals surface area (Å²) in [7, 11) is 1.78. The molecule has 2 heterocycles. The van der Waals surface area contributed by atoms with Crippen LogP contribution < -0.4 is 10.3 Å². The fourth-order valence-corrected chi connectivity index (χ4v) is 5.10. The fraction of sp³-hybridized carbons (Fsp3) is 0.762. The van der Waals surface area contributed by atoms with Gasteiger partial charge in [-0.25, -0.2) is 0 Å². The van der Waals surface area contributed by atoms with E-state index in [9.17, 15) is 4.79 Å². The topological polar surface area (TPSA) is 52.5 Å². The van der Waals surface area contributed by atoms with E-state index in [-0.39, 0.29) is 17.6 Å². The Morgan fingerprint density at radius 2 is 2.00 bits per heavy atom. The third-order valence-corrected chi connectivity index (χ3v) is 6.73. The van der Waals surface area contributed by atoms with Gasteiger partial charge < -0.3 is 14.0 Å². The first-order valence-electron chi connectivity index (χ1n) is 10.2. The largest absolute Gasteiger partial charge is 0.385 e. The van der Waals surface area contributed by atoms with Crippen molar-refractivity contribution in [2.45, 2.75) is 70.1 Å². The van der Waals surface area contributed by atoms with Crippen molar-refractivity contribution in [3.8, 4) is 0 Å². The van der Waals surface area contributed by atoms with Gasteiger partial charge in [0.1, 0.15) is 0 Å². The van der Waals surface area contributed by atoms with Crippen molar-refractivity contribution < 1.29 is 9.47 Å². The van der Waals surface area contributed by atoms with E-state index in [1.165, 1.54) is 12.8 Å². The Labute approximate surface area is 167 Å². The molecular weight excluding hydrogens is 360 g/mol. The molecule has 2 atom stereocenters. The highest BCUT2D eigenvalue weighted by atomic mass is 32.2. The molecule has 2 unspecified atom stereocenters. The number of aryl methyl sites for hydroxylation is 2. The van der Waals surface area contributed by atoms with E-state index in [0.29, 0.717) is 12.7 Å². The zero-order valence-corrected chi connectivity index (χ0v) is 17.7. The second kappa shape index (κ2) is 10.1.